The first-order valence-electron chi connectivity index (χ1n) is 10.9. The highest BCUT2D eigenvalue weighted by Gasteiger charge is 2.29. The van der Waals surface area contributed by atoms with Gasteiger partial charge in [0.2, 0.25) is 0 Å². The predicted molar refractivity (Wildman–Crippen MR) is 127 cm³/mol. The minimum atomic E-state index is -0.415. The van der Waals surface area contributed by atoms with Gasteiger partial charge in [0, 0.05) is 37.4 Å². The lowest BCUT2D eigenvalue weighted by molar-refractivity contribution is -0.116. The molecule has 0 spiro atoms. The van der Waals surface area contributed by atoms with Gasteiger partial charge in [0.25, 0.3) is 5.91 Å². The fourth-order valence-electron chi connectivity index (χ4n) is 4.56. The molecule has 2 saturated heterocycles. The van der Waals surface area contributed by atoms with Crippen LogP contribution in [0.4, 0.5) is 15.8 Å². The summed E-state index contributed by atoms with van der Waals surface area (Å²) in [5, 5.41) is 0. The number of carbonyl (C=O) groups is 2. The van der Waals surface area contributed by atoms with Crippen molar-refractivity contribution in [1.29, 1.82) is 0 Å². The van der Waals surface area contributed by atoms with Gasteiger partial charge in [-0.15, -0.1) is 0 Å². The topological polar surface area (TPSA) is 59.1 Å². The summed E-state index contributed by atoms with van der Waals surface area (Å²) in [7, 11) is 0. The lowest BCUT2D eigenvalue weighted by atomic mass is 9.98. The molecule has 3 aliphatic rings. The smallest absolute Gasteiger partial charge is 0.258 e. The maximum atomic E-state index is 14.8. The van der Waals surface area contributed by atoms with Crippen LogP contribution in [-0.4, -0.2) is 48.1 Å². The molecule has 2 fully saturated rings. The molecule has 2 atom stereocenters. The fraction of sp³-hybridized carbons (Fsp3) is 0.417. The second kappa shape index (κ2) is 8.97. The van der Waals surface area contributed by atoms with E-state index in [1.165, 1.54) is 6.07 Å². The lowest BCUT2D eigenvalue weighted by Gasteiger charge is -2.30. The number of alkyl halides is 1. The van der Waals surface area contributed by atoms with Crippen molar-refractivity contribution in [2.24, 2.45) is 0 Å². The Hall–Kier alpha value is -2.20. The molecule has 1 unspecified atom stereocenters. The van der Waals surface area contributed by atoms with Crippen LogP contribution < -0.4 is 14.5 Å². The van der Waals surface area contributed by atoms with Crippen molar-refractivity contribution >= 4 is 45.7 Å². The highest BCUT2D eigenvalue weighted by atomic mass is 127. The summed E-state index contributed by atoms with van der Waals surface area (Å²) in [5.74, 6) is 0.285. The van der Waals surface area contributed by atoms with Crippen LogP contribution in [0.5, 0.6) is 5.75 Å². The Bertz CT molecular complexity index is 1060. The molecule has 0 bridgehead atoms. The third-order valence-corrected chi connectivity index (χ3v) is 7.33. The van der Waals surface area contributed by atoms with E-state index in [-0.39, 0.29) is 28.4 Å². The van der Waals surface area contributed by atoms with Crippen molar-refractivity contribution < 1.29 is 23.5 Å². The Labute approximate surface area is 199 Å². The third kappa shape index (κ3) is 4.22. The van der Waals surface area contributed by atoms with Crippen LogP contribution in [0.3, 0.4) is 0 Å². The van der Waals surface area contributed by atoms with Gasteiger partial charge < -0.3 is 19.3 Å². The number of ether oxygens (including phenoxy) is 2. The molecule has 0 saturated carbocycles. The summed E-state index contributed by atoms with van der Waals surface area (Å²) in [6.07, 6.45) is 3.25. The Balaban J connectivity index is 1.31. The van der Waals surface area contributed by atoms with Crippen LogP contribution in [0.25, 0.3) is 0 Å². The van der Waals surface area contributed by atoms with E-state index in [4.69, 9.17) is 9.47 Å². The van der Waals surface area contributed by atoms with Gasteiger partial charge in [-0.1, -0.05) is 0 Å². The molecule has 3 aliphatic heterocycles. The SMILES string of the molecule is O=C1CCN(c2ccc(N3CCc4cc(O[C@@H](I)C5CCCO5)ccc4C3=O)cc2F)C1. The van der Waals surface area contributed by atoms with E-state index in [1.807, 2.05) is 12.1 Å². The van der Waals surface area contributed by atoms with Crippen LogP contribution >= 0.6 is 22.6 Å². The van der Waals surface area contributed by atoms with Crippen molar-refractivity contribution in [3.8, 4) is 5.75 Å². The second-order valence-corrected chi connectivity index (χ2v) is 9.62. The van der Waals surface area contributed by atoms with Gasteiger partial charge in [-0.2, -0.15) is 0 Å². The molecule has 2 aromatic carbocycles. The van der Waals surface area contributed by atoms with Crippen LogP contribution in [-0.2, 0) is 16.0 Å². The van der Waals surface area contributed by atoms with Crippen molar-refractivity contribution in [3.05, 3.63) is 53.3 Å². The zero-order valence-corrected chi connectivity index (χ0v) is 19.7. The second-order valence-electron chi connectivity index (χ2n) is 8.39. The zero-order valence-electron chi connectivity index (χ0n) is 17.6. The summed E-state index contributed by atoms with van der Waals surface area (Å²) in [6.45, 7) is 2.01. The molecular formula is C24H24FIN2O4. The molecule has 8 heteroatoms. The van der Waals surface area contributed by atoms with Crippen molar-refractivity contribution in [3.63, 3.8) is 0 Å². The number of amides is 1. The average molecular weight is 550 g/mol. The number of hydrogen-bond acceptors (Lipinski definition) is 5. The first-order chi connectivity index (χ1) is 15.5. The standard InChI is InChI=1S/C24H24FIN2O4/c25-20-13-16(3-6-21(20)27-9-8-17(29)14-27)28-10-7-15-12-18(4-5-19(15)24(28)30)32-23(26)22-2-1-11-31-22/h3-6,12-13,22-23H,1-2,7-11,14H2/t22?,23-/m1/s1. The molecule has 3 heterocycles. The molecular weight excluding hydrogens is 526 g/mol. The monoisotopic (exact) mass is 550 g/mol. The van der Waals surface area contributed by atoms with E-state index in [2.05, 4.69) is 22.6 Å². The summed E-state index contributed by atoms with van der Waals surface area (Å²) in [6, 6.07) is 10.3. The minimum absolute atomic E-state index is 0.0728. The Kier molecular flexibility index (Phi) is 6.07. The number of rotatable bonds is 5. The lowest BCUT2D eigenvalue weighted by Crippen LogP contribution is -2.37. The molecule has 0 radical (unpaired) electrons. The molecule has 0 aliphatic carbocycles. The van der Waals surface area contributed by atoms with E-state index in [9.17, 15) is 14.0 Å². The molecule has 2 aromatic rings. The number of halogens is 2. The largest absolute Gasteiger partial charge is 0.477 e. The molecule has 0 aromatic heterocycles. The van der Waals surface area contributed by atoms with Gasteiger partial charge in [-0.25, -0.2) is 4.39 Å². The number of carbonyl (C=O) groups excluding carboxylic acids is 2. The summed E-state index contributed by atoms with van der Waals surface area (Å²) < 4.78 is 26.5. The quantitative estimate of drug-likeness (QED) is 0.414. The third-order valence-electron chi connectivity index (χ3n) is 6.27. The maximum absolute atomic E-state index is 14.8. The van der Waals surface area contributed by atoms with E-state index in [0.29, 0.717) is 42.9 Å². The first kappa shape index (κ1) is 21.6. The molecule has 6 nitrogen and oxygen atoms in total. The van der Waals surface area contributed by atoms with Crippen molar-refractivity contribution in [2.75, 3.05) is 36.0 Å². The van der Waals surface area contributed by atoms with Gasteiger partial charge in [-0.05, 0) is 83.8 Å². The van der Waals surface area contributed by atoms with E-state index in [1.54, 1.807) is 28.0 Å². The molecule has 32 heavy (non-hydrogen) atoms. The van der Waals surface area contributed by atoms with Crippen molar-refractivity contribution in [2.45, 2.75) is 35.9 Å². The number of hydrogen-bond donors (Lipinski definition) is 0. The number of ketones is 1. The molecule has 0 N–H and O–H groups in total. The van der Waals surface area contributed by atoms with Gasteiger partial charge in [-0.3, -0.25) is 9.59 Å². The Morgan fingerprint density at radius 2 is 2.00 bits per heavy atom. The van der Waals surface area contributed by atoms with E-state index < -0.39 is 5.82 Å². The summed E-state index contributed by atoms with van der Waals surface area (Å²) in [5.41, 5.74) is 2.48. The average Bonchev–Trinajstić information content (AvgIpc) is 3.46. The van der Waals surface area contributed by atoms with Gasteiger partial charge >= 0.3 is 0 Å². The first-order valence-corrected chi connectivity index (χ1v) is 12.2. The zero-order chi connectivity index (χ0) is 22.2. The van der Waals surface area contributed by atoms with Crippen LogP contribution in [0.1, 0.15) is 35.2 Å². The predicted octanol–water partition coefficient (Wildman–Crippen LogP) is 4.13. The number of fused-ring (bicyclic) bond motifs is 1. The maximum Gasteiger partial charge on any atom is 0.258 e. The number of Topliss-reactive ketones (excluding diaryl/α,β-unsaturated/α-hetero) is 1. The van der Waals surface area contributed by atoms with Crippen LogP contribution in [0, 0.1) is 5.82 Å². The van der Waals surface area contributed by atoms with Gasteiger partial charge in [0.1, 0.15) is 17.7 Å². The molecule has 5 rings (SSSR count). The van der Waals surface area contributed by atoms with Crippen LogP contribution in [0.2, 0.25) is 0 Å². The fourth-order valence-corrected chi connectivity index (χ4v) is 5.42. The Morgan fingerprint density at radius 3 is 2.72 bits per heavy atom. The van der Waals surface area contributed by atoms with Crippen LogP contribution in [0.15, 0.2) is 36.4 Å². The number of nitrogens with zero attached hydrogens (tertiary/aromatic N) is 2. The minimum Gasteiger partial charge on any atom is -0.477 e. The summed E-state index contributed by atoms with van der Waals surface area (Å²) in [4.78, 5) is 28.0. The van der Waals surface area contributed by atoms with E-state index in [0.717, 1.165) is 30.8 Å². The summed E-state index contributed by atoms with van der Waals surface area (Å²) >= 11 is 2.26. The van der Waals surface area contributed by atoms with Crippen molar-refractivity contribution in [1.82, 2.24) is 0 Å². The number of benzene rings is 2. The molecule has 168 valence electrons. The highest BCUT2D eigenvalue weighted by molar-refractivity contribution is 14.1. The normalized spacial score (nSPS) is 21.8. The Morgan fingerprint density at radius 1 is 1.12 bits per heavy atom. The van der Waals surface area contributed by atoms with Gasteiger partial charge in [0.05, 0.1) is 12.2 Å². The van der Waals surface area contributed by atoms with Gasteiger partial charge in [0.15, 0.2) is 9.89 Å². The highest BCUT2D eigenvalue weighted by Crippen LogP contribution is 2.32. The number of anilines is 2. The van der Waals surface area contributed by atoms with E-state index >= 15 is 0 Å². The molecule has 1 amide bonds.